The molecule has 0 unspecified atom stereocenters. The number of amides is 1. The van der Waals surface area contributed by atoms with Crippen molar-refractivity contribution in [2.24, 2.45) is 5.92 Å². The number of carbonyl (C=O) groups is 4. The minimum absolute atomic E-state index is 0.118. The van der Waals surface area contributed by atoms with Crippen LogP contribution in [0, 0.1) is 5.92 Å². The van der Waals surface area contributed by atoms with Crippen molar-refractivity contribution < 1.29 is 33.4 Å². The maximum Gasteiger partial charge on any atom is 0.326 e. The molecule has 1 aliphatic carbocycles. The zero-order valence-electron chi connectivity index (χ0n) is 20.8. The molecule has 0 aromatic rings. The Morgan fingerprint density at radius 2 is 1.31 bits per heavy atom. The Hall–Kier alpha value is -2.12. The van der Waals surface area contributed by atoms with Gasteiger partial charge in [0, 0.05) is 26.3 Å². The van der Waals surface area contributed by atoms with Crippen molar-refractivity contribution in [3.8, 4) is 0 Å². The molecule has 1 rings (SSSR count). The molecule has 0 bridgehead atoms. The molecule has 1 fully saturated rings. The SMILES string of the molecule is CN(CC(=O)OC(C)(C)C)C(=O)CCCC(=O)OC1CCC(CC(=O)OC(C)(C)C)CC1. The number of carbonyl (C=O) groups excluding carboxylic acids is 4. The zero-order valence-corrected chi connectivity index (χ0v) is 20.8. The van der Waals surface area contributed by atoms with Crippen molar-refractivity contribution >= 4 is 23.8 Å². The number of ether oxygens (including phenoxy) is 3. The molecule has 0 radical (unpaired) electrons. The van der Waals surface area contributed by atoms with E-state index in [-0.39, 0.29) is 49.3 Å². The van der Waals surface area contributed by atoms with Crippen LogP contribution < -0.4 is 0 Å². The number of nitrogens with zero attached hydrogens (tertiary/aromatic N) is 1. The van der Waals surface area contributed by atoms with E-state index in [1.54, 1.807) is 27.8 Å². The van der Waals surface area contributed by atoms with Crippen LogP contribution in [-0.4, -0.2) is 59.6 Å². The molecule has 0 heterocycles. The normalized spacial score (nSPS) is 19.1. The lowest BCUT2D eigenvalue weighted by atomic mass is 9.85. The maximum absolute atomic E-state index is 12.2. The summed E-state index contributed by atoms with van der Waals surface area (Å²) in [6.45, 7) is 10.8. The van der Waals surface area contributed by atoms with E-state index in [2.05, 4.69) is 0 Å². The summed E-state index contributed by atoms with van der Waals surface area (Å²) in [7, 11) is 1.54. The average molecular weight is 456 g/mol. The van der Waals surface area contributed by atoms with Gasteiger partial charge in [0.1, 0.15) is 23.9 Å². The Bertz CT molecular complexity index is 652. The van der Waals surface area contributed by atoms with Crippen molar-refractivity contribution in [1.82, 2.24) is 4.90 Å². The standard InChI is InChI=1S/C24H41NO7/c1-23(2,3)31-21(28)15-17-11-13-18(14-12-17)30-20(27)10-8-9-19(26)25(7)16-22(29)32-24(4,5)6/h17-18H,8-16H2,1-7H3. The third-order valence-corrected chi connectivity index (χ3v) is 4.95. The molecule has 0 aliphatic heterocycles. The van der Waals surface area contributed by atoms with Crippen molar-refractivity contribution in [2.45, 2.75) is 110 Å². The number of rotatable bonds is 9. The van der Waals surface area contributed by atoms with E-state index in [1.165, 1.54) is 4.90 Å². The monoisotopic (exact) mass is 455 g/mol. The van der Waals surface area contributed by atoms with E-state index < -0.39 is 17.2 Å². The molecule has 0 spiro atoms. The molecule has 0 N–H and O–H groups in total. The fourth-order valence-corrected chi connectivity index (χ4v) is 3.55. The highest BCUT2D eigenvalue weighted by Crippen LogP contribution is 2.29. The lowest BCUT2D eigenvalue weighted by Crippen LogP contribution is -2.36. The molecular weight excluding hydrogens is 414 g/mol. The molecule has 8 nitrogen and oxygen atoms in total. The van der Waals surface area contributed by atoms with E-state index in [9.17, 15) is 19.2 Å². The first-order chi connectivity index (χ1) is 14.6. The molecule has 0 aromatic heterocycles. The Labute approximate surface area is 192 Å². The summed E-state index contributed by atoms with van der Waals surface area (Å²) in [4.78, 5) is 49.4. The van der Waals surface area contributed by atoms with Gasteiger partial charge in [0.15, 0.2) is 0 Å². The summed E-state index contributed by atoms with van der Waals surface area (Å²) >= 11 is 0. The highest BCUT2D eigenvalue weighted by Gasteiger charge is 2.27. The lowest BCUT2D eigenvalue weighted by Gasteiger charge is -2.29. The van der Waals surface area contributed by atoms with Gasteiger partial charge in [0.25, 0.3) is 0 Å². The largest absolute Gasteiger partial charge is 0.462 e. The van der Waals surface area contributed by atoms with Crippen LogP contribution in [0.25, 0.3) is 0 Å². The van der Waals surface area contributed by atoms with E-state index in [4.69, 9.17) is 14.2 Å². The minimum atomic E-state index is -0.598. The second-order valence-corrected chi connectivity index (χ2v) is 10.6. The highest BCUT2D eigenvalue weighted by atomic mass is 16.6. The Kier molecular flexibility index (Phi) is 10.6. The Balaban J connectivity index is 2.23. The van der Waals surface area contributed by atoms with Crippen LogP contribution in [0.2, 0.25) is 0 Å². The Morgan fingerprint density at radius 1 is 0.781 bits per heavy atom. The molecule has 0 atom stereocenters. The van der Waals surface area contributed by atoms with E-state index in [1.807, 2.05) is 20.8 Å². The Morgan fingerprint density at radius 3 is 1.84 bits per heavy atom. The maximum atomic E-state index is 12.2. The molecule has 1 amide bonds. The fraction of sp³-hybridized carbons (Fsp3) is 0.833. The molecule has 32 heavy (non-hydrogen) atoms. The molecular formula is C24H41NO7. The quantitative estimate of drug-likeness (QED) is 0.385. The van der Waals surface area contributed by atoms with Crippen LogP contribution in [0.5, 0.6) is 0 Å². The molecule has 8 heteroatoms. The molecule has 1 saturated carbocycles. The first-order valence-corrected chi connectivity index (χ1v) is 11.5. The van der Waals surface area contributed by atoms with Gasteiger partial charge in [-0.2, -0.15) is 0 Å². The third-order valence-electron chi connectivity index (χ3n) is 4.95. The van der Waals surface area contributed by atoms with Crippen molar-refractivity contribution in [3.05, 3.63) is 0 Å². The molecule has 0 aromatic carbocycles. The second-order valence-electron chi connectivity index (χ2n) is 10.6. The van der Waals surface area contributed by atoms with Crippen LogP contribution in [-0.2, 0) is 33.4 Å². The highest BCUT2D eigenvalue weighted by molar-refractivity contribution is 5.82. The molecule has 1 aliphatic rings. The van der Waals surface area contributed by atoms with Crippen LogP contribution in [0.3, 0.4) is 0 Å². The first kappa shape index (κ1) is 27.9. The van der Waals surface area contributed by atoms with E-state index in [0.717, 1.165) is 25.7 Å². The third kappa shape index (κ3) is 12.7. The number of esters is 3. The van der Waals surface area contributed by atoms with Gasteiger partial charge in [-0.1, -0.05) is 0 Å². The summed E-state index contributed by atoms with van der Waals surface area (Å²) in [6.07, 6.45) is 4.06. The number of hydrogen-bond donors (Lipinski definition) is 0. The summed E-state index contributed by atoms with van der Waals surface area (Å²) in [5.74, 6) is -0.915. The van der Waals surface area contributed by atoms with Gasteiger partial charge in [-0.05, 0) is 79.6 Å². The topological polar surface area (TPSA) is 99.2 Å². The van der Waals surface area contributed by atoms with Crippen LogP contribution >= 0.6 is 0 Å². The van der Waals surface area contributed by atoms with Crippen LogP contribution in [0.15, 0.2) is 0 Å². The van der Waals surface area contributed by atoms with Crippen LogP contribution in [0.4, 0.5) is 0 Å². The number of hydrogen-bond acceptors (Lipinski definition) is 7. The van der Waals surface area contributed by atoms with Gasteiger partial charge in [0.2, 0.25) is 5.91 Å². The average Bonchev–Trinajstić information content (AvgIpc) is 2.59. The predicted molar refractivity (Wildman–Crippen MR) is 120 cm³/mol. The van der Waals surface area contributed by atoms with Gasteiger partial charge < -0.3 is 19.1 Å². The van der Waals surface area contributed by atoms with E-state index in [0.29, 0.717) is 12.8 Å². The zero-order chi connectivity index (χ0) is 24.5. The molecule has 0 saturated heterocycles. The van der Waals surface area contributed by atoms with Crippen molar-refractivity contribution in [2.75, 3.05) is 13.6 Å². The summed E-state index contributed by atoms with van der Waals surface area (Å²) in [6, 6.07) is 0. The second kappa shape index (κ2) is 12.2. The van der Waals surface area contributed by atoms with Crippen LogP contribution in [0.1, 0.15) is 92.9 Å². The van der Waals surface area contributed by atoms with E-state index >= 15 is 0 Å². The smallest absolute Gasteiger partial charge is 0.326 e. The van der Waals surface area contributed by atoms with Gasteiger partial charge >= 0.3 is 17.9 Å². The van der Waals surface area contributed by atoms with Gasteiger partial charge in [-0.25, -0.2) is 0 Å². The predicted octanol–water partition coefficient (Wildman–Crippen LogP) is 3.79. The van der Waals surface area contributed by atoms with Gasteiger partial charge in [-0.15, -0.1) is 0 Å². The van der Waals surface area contributed by atoms with Crippen molar-refractivity contribution in [1.29, 1.82) is 0 Å². The summed E-state index contributed by atoms with van der Waals surface area (Å²) < 4.78 is 16.1. The fourth-order valence-electron chi connectivity index (χ4n) is 3.55. The summed E-state index contributed by atoms with van der Waals surface area (Å²) in [5.41, 5.74) is -1.07. The van der Waals surface area contributed by atoms with Gasteiger partial charge in [-0.3, -0.25) is 19.2 Å². The molecule has 184 valence electrons. The summed E-state index contributed by atoms with van der Waals surface area (Å²) in [5, 5.41) is 0. The first-order valence-electron chi connectivity index (χ1n) is 11.5. The van der Waals surface area contributed by atoms with Gasteiger partial charge in [0.05, 0.1) is 0 Å². The lowest BCUT2D eigenvalue weighted by molar-refractivity contribution is -0.158. The van der Waals surface area contributed by atoms with Crippen molar-refractivity contribution in [3.63, 3.8) is 0 Å². The number of likely N-dealkylation sites (N-methyl/N-ethyl adjacent to an activating group) is 1. The minimum Gasteiger partial charge on any atom is -0.462 e.